The number of rotatable bonds is 5. The van der Waals surface area contributed by atoms with E-state index in [1.807, 2.05) is 0 Å². The largest absolute Gasteiger partial charge is 0.478 e. The van der Waals surface area contributed by atoms with Crippen LogP contribution < -0.4 is 0 Å². The normalized spacial score (nSPS) is 10.5. The monoisotopic (exact) mass is 286 g/mol. The number of non-ortho nitro benzene ring substituents is 1. The minimum absolute atomic E-state index is 0.0712. The van der Waals surface area contributed by atoms with Gasteiger partial charge in [-0.3, -0.25) is 20.2 Å². The number of hydrogen-bond acceptors (Lipinski definition) is 6. The summed E-state index contributed by atoms with van der Waals surface area (Å²) < 4.78 is 0. The van der Waals surface area contributed by atoms with Crippen molar-refractivity contribution in [3.8, 4) is 0 Å². The van der Waals surface area contributed by atoms with E-state index >= 15 is 0 Å². The number of aromatic carboxylic acids is 1. The number of hydrogen-bond donors (Lipinski definition) is 1. The molecule has 1 aromatic carbocycles. The predicted molar refractivity (Wildman–Crippen MR) is 67.7 cm³/mol. The van der Waals surface area contributed by atoms with Crippen LogP contribution >= 0.6 is 11.8 Å². The molecule has 0 aromatic heterocycles. The molecule has 0 aliphatic heterocycles. The van der Waals surface area contributed by atoms with Crippen LogP contribution in [0.25, 0.3) is 0 Å². The lowest BCUT2D eigenvalue weighted by atomic mass is 10.1. The molecule has 1 N–H and O–H groups in total. The Morgan fingerprint density at radius 1 is 1.26 bits per heavy atom. The third-order valence-electron chi connectivity index (χ3n) is 2.05. The summed E-state index contributed by atoms with van der Waals surface area (Å²) in [5.74, 6) is -1.44. The van der Waals surface area contributed by atoms with E-state index in [1.54, 1.807) is 13.8 Å². The molecule has 0 fully saturated rings. The molecule has 0 aliphatic rings. The van der Waals surface area contributed by atoms with Crippen LogP contribution in [0.2, 0.25) is 0 Å². The van der Waals surface area contributed by atoms with E-state index in [2.05, 4.69) is 0 Å². The van der Waals surface area contributed by atoms with Gasteiger partial charge in [0.05, 0.1) is 21.5 Å². The molecule has 0 bridgehead atoms. The van der Waals surface area contributed by atoms with Gasteiger partial charge in [-0.1, -0.05) is 13.8 Å². The number of thioether (sulfide) groups is 1. The van der Waals surface area contributed by atoms with E-state index in [0.717, 1.165) is 23.9 Å². The first-order chi connectivity index (χ1) is 8.73. The minimum Gasteiger partial charge on any atom is -0.478 e. The summed E-state index contributed by atoms with van der Waals surface area (Å²) in [5, 5.41) is 30.5. The first-order valence-corrected chi connectivity index (χ1v) is 5.98. The second-order valence-corrected chi connectivity index (χ2v) is 5.41. The molecule has 102 valence electrons. The van der Waals surface area contributed by atoms with Crippen molar-refractivity contribution in [3.05, 3.63) is 37.9 Å². The number of nitro benzene ring substituents is 2. The summed E-state index contributed by atoms with van der Waals surface area (Å²) in [6, 6.07) is 1.61. The molecule has 8 nitrogen and oxygen atoms in total. The Balaban J connectivity index is 3.60. The molecule has 0 unspecified atom stereocenters. The van der Waals surface area contributed by atoms with Crippen molar-refractivity contribution >= 4 is 29.1 Å². The molecule has 1 aromatic rings. The molecule has 0 atom stereocenters. The van der Waals surface area contributed by atoms with Crippen molar-refractivity contribution < 1.29 is 19.7 Å². The molecule has 0 saturated heterocycles. The summed E-state index contributed by atoms with van der Waals surface area (Å²) in [6.45, 7) is 3.48. The van der Waals surface area contributed by atoms with Gasteiger partial charge < -0.3 is 5.11 Å². The third kappa shape index (κ3) is 3.41. The minimum atomic E-state index is -1.44. The summed E-state index contributed by atoms with van der Waals surface area (Å²) in [6.07, 6.45) is 0. The zero-order valence-electron chi connectivity index (χ0n) is 10.0. The Morgan fingerprint density at radius 2 is 1.84 bits per heavy atom. The number of carboxylic acids is 1. The van der Waals surface area contributed by atoms with Gasteiger partial charge >= 0.3 is 5.97 Å². The van der Waals surface area contributed by atoms with Crippen molar-refractivity contribution in [2.45, 2.75) is 24.0 Å². The molecule has 0 amide bonds. The fraction of sp³-hybridized carbons (Fsp3) is 0.300. The highest BCUT2D eigenvalue weighted by molar-refractivity contribution is 8.00. The van der Waals surface area contributed by atoms with Crippen LogP contribution in [-0.2, 0) is 0 Å². The van der Waals surface area contributed by atoms with Crippen molar-refractivity contribution in [3.63, 3.8) is 0 Å². The van der Waals surface area contributed by atoms with E-state index in [0.29, 0.717) is 0 Å². The molecule has 0 saturated carbocycles. The lowest BCUT2D eigenvalue weighted by Gasteiger charge is -2.09. The quantitative estimate of drug-likeness (QED) is 0.501. The summed E-state index contributed by atoms with van der Waals surface area (Å²) in [4.78, 5) is 30.9. The maximum Gasteiger partial charge on any atom is 0.337 e. The number of nitro groups is 2. The second kappa shape index (κ2) is 5.65. The van der Waals surface area contributed by atoms with Crippen molar-refractivity contribution in [2.24, 2.45) is 0 Å². The molecular weight excluding hydrogens is 276 g/mol. The first-order valence-electron chi connectivity index (χ1n) is 5.10. The van der Waals surface area contributed by atoms with Crippen LogP contribution in [-0.4, -0.2) is 26.2 Å². The van der Waals surface area contributed by atoms with Crippen molar-refractivity contribution in [2.75, 3.05) is 0 Å². The average Bonchev–Trinajstić information content (AvgIpc) is 2.27. The summed E-state index contributed by atoms with van der Waals surface area (Å²) in [5.41, 5.74) is -1.61. The fourth-order valence-corrected chi connectivity index (χ4v) is 2.36. The van der Waals surface area contributed by atoms with Gasteiger partial charge in [0.15, 0.2) is 0 Å². The van der Waals surface area contributed by atoms with Crippen LogP contribution in [0.15, 0.2) is 17.0 Å². The number of nitrogens with zero attached hydrogens (tertiary/aromatic N) is 2. The standard InChI is InChI=1S/C10H10N2O6S/c1-5(2)19-9-7(10(13)14)3-6(11(15)16)4-8(9)12(17)18/h3-5H,1-2H3,(H,13,14). The molecule has 0 aliphatic carbocycles. The molecule has 0 radical (unpaired) electrons. The Bertz CT molecular complexity index is 522. The van der Waals surface area contributed by atoms with E-state index in [4.69, 9.17) is 5.11 Å². The maximum absolute atomic E-state index is 11.1. The van der Waals surface area contributed by atoms with Gasteiger partial charge in [-0.05, 0) is 0 Å². The average molecular weight is 286 g/mol. The van der Waals surface area contributed by atoms with E-state index in [1.165, 1.54) is 0 Å². The Kier molecular flexibility index (Phi) is 4.43. The SMILES string of the molecule is CC(C)Sc1c(C(=O)O)cc([N+](=O)[O-])cc1[N+](=O)[O-]. The van der Waals surface area contributed by atoms with Crippen molar-refractivity contribution in [1.82, 2.24) is 0 Å². The van der Waals surface area contributed by atoms with Gasteiger partial charge in [-0.25, -0.2) is 4.79 Å². The predicted octanol–water partition coefficient (Wildman–Crippen LogP) is 2.70. The molecule has 9 heteroatoms. The van der Waals surface area contributed by atoms with Crippen LogP contribution in [0.4, 0.5) is 11.4 Å². The van der Waals surface area contributed by atoms with Gasteiger partial charge in [0.1, 0.15) is 4.90 Å². The number of benzene rings is 1. The highest BCUT2D eigenvalue weighted by atomic mass is 32.2. The van der Waals surface area contributed by atoms with Gasteiger partial charge in [0, 0.05) is 11.3 Å². The number of carboxylic acid groups (broad SMARTS) is 1. The number of carbonyl (C=O) groups is 1. The molecule has 19 heavy (non-hydrogen) atoms. The smallest absolute Gasteiger partial charge is 0.337 e. The molecule has 0 heterocycles. The Morgan fingerprint density at radius 3 is 2.21 bits per heavy atom. The van der Waals surface area contributed by atoms with Gasteiger partial charge in [0.2, 0.25) is 0 Å². The lowest BCUT2D eigenvalue weighted by molar-refractivity contribution is -0.396. The van der Waals surface area contributed by atoms with Crippen LogP contribution in [0, 0.1) is 20.2 Å². The van der Waals surface area contributed by atoms with Crippen LogP contribution in [0.5, 0.6) is 0 Å². The molecule has 1 rings (SSSR count). The molecule has 0 spiro atoms. The summed E-state index contributed by atoms with van der Waals surface area (Å²) >= 11 is 0.984. The van der Waals surface area contributed by atoms with Crippen LogP contribution in [0.3, 0.4) is 0 Å². The Hall–Kier alpha value is -2.16. The molecular formula is C10H10N2O6S. The van der Waals surface area contributed by atoms with Gasteiger partial charge in [-0.15, -0.1) is 11.8 Å². The van der Waals surface area contributed by atoms with E-state index in [-0.39, 0.29) is 10.1 Å². The second-order valence-electron chi connectivity index (χ2n) is 3.83. The highest BCUT2D eigenvalue weighted by Gasteiger charge is 2.28. The van der Waals surface area contributed by atoms with Gasteiger partial charge in [-0.2, -0.15) is 0 Å². The lowest BCUT2D eigenvalue weighted by Crippen LogP contribution is -2.05. The van der Waals surface area contributed by atoms with Crippen LogP contribution in [0.1, 0.15) is 24.2 Å². The summed E-state index contributed by atoms with van der Waals surface area (Å²) in [7, 11) is 0. The van der Waals surface area contributed by atoms with Crippen molar-refractivity contribution in [1.29, 1.82) is 0 Å². The maximum atomic E-state index is 11.1. The first kappa shape index (κ1) is 14.9. The third-order valence-corrected chi connectivity index (χ3v) is 3.18. The Labute approximate surface area is 111 Å². The van der Waals surface area contributed by atoms with Gasteiger partial charge in [0.25, 0.3) is 11.4 Å². The fourth-order valence-electron chi connectivity index (χ4n) is 1.36. The highest BCUT2D eigenvalue weighted by Crippen LogP contribution is 2.38. The van der Waals surface area contributed by atoms with E-state index in [9.17, 15) is 25.0 Å². The zero-order valence-corrected chi connectivity index (χ0v) is 10.8. The topological polar surface area (TPSA) is 124 Å². The zero-order chi connectivity index (χ0) is 14.7. The van der Waals surface area contributed by atoms with E-state index < -0.39 is 32.8 Å².